The van der Waals surface area contributed by atoms with Crippen LogP contribution in [0.3, 0.4) is 0 Å². The summed E-state index contributed by atoms with van der Waals surface area (Å²) in [5.41, 5.74) is 1.47. The smallest absolute Gasteiger partial charge is 0.253 e. The van der Waals surface area contributed by atoms with Gasteiger partial charge in [-0.3, -0.25) is 4.79 Å². The minimum absolute atomic E-state index is 0.105. The molecule has 0 radical (unpaired) electrons. The number of nitrogens with one attached hydrogen (secondary N) is 3. The van der Waals surface area contributed by atoms with E-state index in [0.717, 1.165) is 25.9 Å². The summed E-state index contributed by atoms with van der Waals surface area (Å²) >= 11 is 5.07. The molecule has 1 spiro atoms. The number of rotatable bonds is 2. The Morgan fingerprint density at radius 2 is 2.21 bits per heavy atom. The van der Waals surface area contributed by atoms with Crippen molar-refractivity contribution in [3.8, 4) is 0 Å². The van der Waals surface area contributed by atoms with E-state index in [1.807, 2.05) is 0 Å². The van der Waals surface area contributed by atoms with E-state index in [9.17, 15) is 9.18 Å². The molecule has 1 saturated heterocycles. The molecule has 24 heavy (non-hydrogen) atoms. The zero-order chi connectivity index (χ0) is 16.5. The molecule has 2 aliphatic carbocycles. The topological polar surface area (TPSA) is 69.9 Å². The van der Waals surface area contributed by atoms with E-state index in [1.54, 1.807) is 0 Å². The summed E-state index contributed by atoms with van der Waals surface area (Å²) in [4.78, 5) is 18.7. The van der Waals surface area contributed by atoms with E-state index >= 15 is 0 Å². The van der Waals surface area contributed by atoms with E-state index in [0.29, 0.717) is 33.4 Å². The first-order chi connectivity index (χ1) is 11.6. The van der Waals surface area contributed by atoms with Gasteiger partial charge >= 0.3 is 0 Å². The number of halogens is 1. The fourth-order valence-corrected chi connectivity index (χ4v) is 5.17. The van der Waals surface area contributed by atoms with Crippen molar-refractivity contribution in [2.75, 3.05) is 6.61 Å². The van der Waals surface area contributed by atoms with Gasteiger partial charge < -0.3 is 20.0 Å². The Morgan fingerprint density at radius 1 is 1.38 bits per heavy atom. The molecule has 3 fully saturated rings. The van der Waals surface area contributed by atoms with Crippen LogP contribution in [0.2, 0.25) is 0 Å². The summed E-state index contributed by atoms with van der Waals surface area (Å²) in [5, 5.41) is 3.17. The number of imidazole rings is 1. The molecule has 2 aromatic rings. The van der Waals surface area contributed by atoms with Gasteiger partial charge in [0, 0.05) is 24.0 Å². The molecule has 5 rings (SSSR count). The first-order valence-electron chi connectivity index (χ1n) is 8.42. The van der Waals surface area contributed by atoms with Crippen LogP contribution in [-0.4, -0.2) is 34.6 Å². The molecule has 3 atom stereocenters. The quantitative estimate of drug-likeness (QED) is 0.731. The number of ether oxygens (including phenoxy) is 1. The van der Waals surface area contributed by atoms with Gasteiger partial charge in [-0.1, -0.05) is 6.42 Å². The SMILES string of the molecule is O=C(N[C@@H]1[C@@H]2CCO[C@H]2C12CCC2)c1cc(F)cc2[nH]c(=S)[nH]c12. The maximum absolute atomic E-state index is 13.9. The highest BCUT2D eigenvalue weighted by molar-refractivity contribution is 7.71. The van der Waals surface area contributed by atoms with Crippen molar-refractivity contribution in [1.82, 2.24) is 15.3 Å². The summed E-state index contributed by atoms with van der Waals surface area (Å²) in [7, 11) is 0. The highest BCUT2D eigenvalue weighted by Crippen LogP contribution is 2.62. The maximum Gasteiger partial charge on any atom is 0.253 e. The van der Waals surface area contributed by atoms with Crippen LogP contribution in [0.5, 0.6) is 0 Å². The Labute approximate surface area is 143 Å². The second-order valence-electron chi connectivity index (χ2n) is 7.24. The fraction of sp³-hybridized carbons (Fsp3) is 0.529. The normalized spacial score (nSPS) is 30.0. The number of H-pyrrole nitrogens is 2. The number of benzene rings is 1. The third-order valence-corrected chi connectivity index (χ3v) is 6.36. The molecule has 1 aliphatic heterocycles. The Bertz CT molecular complexity index is 901. The average Bonchev–Trinajstić information content (AvgIpc) is 3.06. The van der Waals surface area contributed by atoms with Gasteiger partial charge in [-0.25, -0.2) is 4.39 Å². The second kappa shape index (κ2) is 4.89. The summed E-state index contributed by atoms with van der Waals surface area (Å²) < 4.78 is 20.1. The number of hydrogen-bond acceptors (Lipinski definition) is 3. The van der Waals surface area contributed by atoms with Gasteiger partial charge in [0.2, 0.25) is 0 Å². The molecule has 3 aliphatic rings. The lowest BCUT2D eigenvalue weighted by atomic mass is 9.46. The molecule has 3 N–H and O–H groups in total. The minimum Gasteiger partial charge on any atom is -0.377 e. The average molecular weight is 347 g/mol. The van der Waals surface area contributed by atoms with Gasteiger partial charge in [0.25, 0.3) is 5.91 Å². The molecule has 7 heteroatoms. The van der Waals surface area contributed by atoms with Crippen molar-refractivity contribution in [1.29, 1.82) is 0 Å². The Morgan fingerprint density at radius 3 is 2.96 bits per heavy atom. The Hall–Kier alpha value is -1.73. The monoisotopic (exact) mass is 347 g/mol. The van der Waals surface area contributed by atoms with E-state index in [2.05, 4.69) is 15.3 Å². The number of carbonyl (C=O) groups is 1. The van der Waals surface area contributed by atoms with Crippen molar-refractivity contribution < 1.29 is 13.9 Å². The third kappa shape index (κ3) is 1.82. The number of fused-ring (bicyclic) bond motifs is 3. The van der Waals surface area contributed by atoms with E-state index in [4.69, 9.17) is 17.0 Å². The Balaban J connectivity index is 1.48. The summed E-state index contributed by atoms with van der Waals surface area (Å²) in [6.07, 6.45) is 4.67. The molecule has 0 bridgehead atoms. The summed E-state index contributed by atoms with van der Waals surface area (Å²) in [5.74, 6) is -0.304. The van der Waals surface area contributed by atoms with Gasteiger partial charge in [0.15, 0.2) is 4.77 Å². The molecule has 2 saturated carbocycles. The van der Waals surface area contributed by atoms with E-state index in [1.165, 1.54) is 18.6 Å². The van der Waals surface area contributed by atoms with Crippen molar-refractivity contribution in [3.05, 3.63) is 28.3 Å². The molecule has 0 unspecified atom stereocenters. The number of hydrogen-bond donors (Lipinski definition) is 3. The third-order valence-electron chi connectivity index (χ3n) is 6.16. The lowest BCUT2D eigenvalue weighted by molar-refractivity contribution is -0.172. The van der Waals surface area contributed by atoms with Crippen LogP contribution < -0.4 is 5.32 Å². The number of aromatic amines is 2. The van der Waals surface area contributed by atoms with Gasteiger partial charge in [0.1, 0.15) is 5.82 Å². The number of aromatic nitrogens is 2. The first-order valence-corrected chi connectivity index (χ1v) is 8.83. The number of carbonyl (C=O) groups excluding carboxylic acids is 1. The van der Waals surface area contributed by atoms with Crippen LogP contribution in [0.4, 0.5) is 4.39 Å². The van der Waals surface area contributed by atoms with Crippen LogP contribution >= 0.6 is 12.2 Å². The molecular weight excluding hydrogens is 329 g/mol. The van der Waals surface area contributed by atoms with Gasteiger partial charge in [0.05, 0.1) is 22.7 Å². The molecular formula is C17H18FN3O2S. The molecule has 1 amide bonds. The van der Waals surface area contributed by atoms with E-state index in [-0.39, 0.29) is 17.4 Å². The minimum atomic E-state index is -0.452. The lowest BCUT2D eigenvalue weighted by Crippen LogP contribution is -2.71. The van der Waals surface area contributed by atoms with Crippen molar-refractivity contribution in [3.63, 3.8) is 0 Å². The largest absolute Gasteiger partial charge is 0.377 e. The lowest BCUT2D eigenvalue weighted by Gasteiger charge is -2.63. The molecule has 1 aromatic carbocycles. The molecule has 126 valence electrons. The van der Waals surface area contributed by atoms with Crippen LogP contribution in [0.15, 0.2) is 12.1 Å². The Kier molecular flexibility index (Phi) is 2.98. The van der Waals surface area contributed by atoms with Crippen molar-refractivity contribution in [2.45, 2.75) is 37.8 Å². The molecule has 1 aromatic heterocycles. The van der Waals surface area contributed by atoms with Gasteiger partial charge in [-0.15, -0.1) is 0 Å². The summed E-state index contributed by atoms with van der Waals surface area (Å²) in [6, 6.07) is 2.74. The highest BCUT2D eigenvalue weighted by atomic mass is 32.1. The van der Waals surface area contributed by atoms with Crippen molar-refractivity contribution >= 4 is 29.2 Å². The standard InChI is InChI=1S/C17H18FN3O2S/c18-8-6-10(12-11(7-8)19-16(24)20-12)15(22)21-13-9-2-5-23-14(9)17(13)3-1-4-17/h6-7,9,13-14H,1-5H2,(H,21,22)(H2,19,20,24)/t9-,13+,14+/m0/s1. The van der Waals surface area contributed by atoms with Crippen LogP contribution in [0.25, 0.3) is 11.0 Å². The zero-order valence-corrected chi connectivity index (χ0v) is 13.8. The molecule has 5 nitrogen and oxygen atoms in total. The summed E-state index contributed by atoms with van der Waals surface area (Å²) in [6.45, 7) is 0.776. The fourth-order valence-electron chi connectivity index (χ4n) is 4.96. The first kappa shape index (κ1) is 14.6. The maximum atomic E-state index is 13.9. The highest BCUT2D eigenvalue weighted by Gasteiger charge is 2.66. The van der Waals surface area contributed by atoms with E-state index < -0.39 is 5.82 Å². The number of amides is 1. The predicted molar refractivity (Wildman–Crippen MR) is 88.8 cm³/mol. The zero-order valence-electron chi connectivity index (χ0n) is 13.0. The van der Waals surface area contributed by atoms with Gasteiger partial charge in [-0.2, -0.15) is 0 Å². The van der Waals surface area contributed by atoms with Crippen molar-refractivity contribution in [2.24, 2.45) is 11.3 Å². The van der Waals surface area contributed by atoms with Crippen LogP contribution in [0, 0.1) is 21.9 Å². The van der Waals surface area contributed by atoms with Crippen LogP contribution in [0.1, 0.15) is 36.0 Å². The van der Waals surface area contributed by atoms with Crippen LogP contribution in [-0.2, 0) is 4.74 Å². The van der Waals surface area contributed by atoms with Gasteiger partial charge in [-0.05, 0) is 43.6 Å². The molecule has 2 heterocycles. The predicted octanol–water partition coefficient (Wildman–Crippen LogP) is 3.05. The second-order valence-corrected chi connectivity index (χ2v) is 7.65.